The first-order chi connectivity index (χ1) is 20.6. The van der Waals surface area contributed by atoms with Crippen LogP contribution < -0.4 is 0 Å². The number of aliphatic hydroxyl groups excluding tert-OH is 3. The Balaban J connectivity index is 0.00000135. The van der Waals surface area contributed by atoms with Crippen molar-refractivity contribution in [1.29, 1.82) is 0 Å². The molecule has 0 heterocycles. The third-order valence-electron chi connectivity index (χ3n) is 8.43. The van der Waals surface area contributed by atoms with Gasteiger partial charge in [-0.1, -0.05) is 107 Å². The predicted molar refractivity (Wildman–Crippen MR) is 188 cm³/mol. The molecule has 0 aliphatic rings. The Labute approximate surface area is 279 Å². The van der Waals surface area contributed by atoms with Gasteiger partial charge in [-0.05, 0) is 80.0 Å². The van der Waals surface area contributed by atoms with Gasteiger partial charge in [0.25, 0.3) is 0 Å². The molecule has 0 fully saturated rings. The third kappa shape index (κ3) is 9.13. The summed E-state index contributed by atoms with van der Waals surface area (Å²) >= 11 is 0. The zero-order valence-electron chi connectivity index (χ0n) is 30.3. The van der Waals surface area contributed by atoms with Gasteiger partial charge in [-0.25, -0.2) is 4.31 Å². The van der Waals surface area contributed by atoms with Crippen LogP contribution in [-0.4, -0.2) is 59.8 Å². The summed E-state index contributed by atoms with van der Waals surface area (Å²) in [6, 6.07) is 7.96. The molecule has 2 rings (SSSR count). The van der Waals surface area contributed by atoms with Crippen molar-refractivity contribution in [3.8, 4) is 0 Å². The summed E-state index contributed by atoms with van der Waals surface area (Å²) in [6.45, 7) is 28.3. The zero-order chi connectivity index (χ0) is 36.4. The van der Waals surface area contributed by atoms with Gasteiger partial charge in [0.15, 0.2) is 0 Å². The summed E-state index contributed by atoms with van der Waals surface area (Å²) in [6.07, 6.45) is 0. The van der Waals surface area contributed by atoms with Crippen molar-refractivity contribution in [3.05, 3.63) is 68.8 Å². The summed E-state index contributed by atoms with van der Waals surface area (Å²) in [7, 11) is -5.22. The maximum absolute atomic E-state index is 13.4. The van der Waals surface area contributed by atoms with Gasteiger partial charge in [0.2, 0.25) is 0 Å². The van der Waals surface area contributed by atoms with Crippen molar-refractivity contribution in [1.82, 2.24) is 0 Å². The molecule has 0 aromatic heterocycles. The van der Waals surface area contributed by atoms with Crippen LogP contribution in [0.2, 0.25) is 0 Å². The van der Waals surface area contributed by atoms with Crippen LogP contribution in [0.3, 0.4) is 0 Å². The number of rotatable bonds is 8. The molecule has 2 aromatic carbocycles. The smallest absolute Gasteiger partial charge is 0.334 e. The normalized spacial score (nSPS) is 13.7. The van der Waals surface area contributed by atoms with Gasteiger partial charge >= 0.3 is 17.2 Å². The average molecular weight is 687 g/mol. The largest absolute Gasteiger partial charge is 0.395 e. The molecule has 0 amide bonds. The number of benzene rings is 2. The molecular formula is C35H60O9P2. The molecule has 0 saturated carbocycles. The summed E-state index contributed by atoms with van der Waals surface area (Å²) in [5, 5.41) is 46.2. The van der Waals surface area contributed by atoms with Crippen molar-refractivity contribution in [2.45, 2.75) is 124 Å². The van der Waals surface area contributed by atoms with Crippen molar-refractivity contribution in [3.63, 3.8) is 0 Å². The molecule has 0 spiro atoms. The van der Waals surface area contributed by atoms with Gasteiger partial charge in [-0.15, -0.1) is 0 Å². The van der Waals surface area contributed by atoms with Gasteiger partial charge in [0.05, 0.1) is 25.2 Å². The lowest BCUT2D eigenvalue weighted by atomic mass is 9.58. The fourth-order valence-electron chi connectivity index (χ4n) is 6.78. The van der Waals surface area contributed by atoms with E-state index in [1.54, 1.807) is 0 Å². The van der Waals surface area contributed by atoms with E-state index in [2.05, 4.69) is 101 Å². The summed E-state index contributed by atoms with van der Waals surface area (Å²) < 4.78 is 3.60. The maximum Gasteiger partial charge on any atom is 0.334 e. The minimum absolute atomic E-state index is 0.235. The second-order valence-electron chi connectivity index (χ2n) is 16.4. The van der Waals surface area contributed by atoms with E-state index in [-0.39, 0.29) is 21.7 Å². The highest BCUT2D eigenvalue weighted by Gasteiger charge is 2.56. The van der Waals surface area contributed by atoms with Crippen molar-refractivity contribution >= 4 is 17.2 Å². The highest BCUT2D eigenvalue weighted by molar-refractivity contribution is 7.53. The SMILES string of the molecule is Cc1ccc(C(O)(c2ccc(C)c(C(C)(C)C)c2C(C)(C)C)C(CO)(CO)CO)c(C(C)(C)C)c1C(C)(C)C.OP(O)OP(O)O. The highest BCUT2D eigenvalue weighted by Crippen LogP contribution is 2.54. The molecule has 46 heavy (non-hydrogen) atoms. The van der Waals surface area contributed by atoms with Crippen LogP contribution in [0.15, 0.2) is 24.3 Å². The number of hydrogen-bond donors (Lipinski definition) is 8. The van der Waals surface area contributed by atoms with Crippen LogP contribution in [0.1, 0.15) is 128 Å². The molecule has 11 heteroatoms. The maximum atomic E-state index is 13.4. The van der Waals surface area contributed by atoms with Crippen LogP contribution in [0, 0.1) is 19.3 Å². The van der Waals surface area contributed by atoms with Crippen LogP contribution in [-0.2, 0) is 31.6 Å². The van der Waals surface area contributed by atoms with Gasteiger partial charge in [-0.3, -0.25) is 0 Å². The van der Waals surface area contributed by atoms with E-state index in [1.807, 2.05) is 24.3 Å². The second-order valence-corrected chi connectivity index (χ2v) is 18.1. The van der Waals surface area contributed by atoms with Crippen LogP contribution >= 0.6 is 17.2 Å². The summed E-state index contributed by atoms with van der Waals surface area (Å²) in [5.74, 6) is 0. The number of aliphatic hydroxyl groups is 4. The molecule has 0 bridgehead atoms. The molecule has 2 aromatic rings. The molecule has 9 nitrogen and oxygen atoms in total. The minimum Gasteiger partial charge on any atom is -0.395 e. The van der Waals surface area contributed by atoms with E-state index < -0.39 is 48.0 Å². The van der Waals surface area contributed by atoms with Gasteiger partial charge in [-0.2, -0.15) is 0 Å². The van der Waals surface area contributed by atoms with E-state index in [0.29, 0.717) is 11.1 Å². The standard InChI is InChI=1S/C35H56O4.H4O5P2/c1-22-15-17-24(28(32(9,10)11)26(22)30(3,4)5)35(39,34(19-36,20-37)21-38)25-18-16-23(2)27(31(6,7)8)29(25)33(12,13)14;1-6(2)5-7(3)4/h15-18,36-39H,19-21H2,1-14H3;1-4H. The van der Waals surface area contributed by atoms with E-state index in [4.69, 9.17) is 19.6 Å². The van der Waals surface area contributed by atoms with E-state index >= 15 is 0 Å². The van der Waals surface area contributed by atoms with Crippen molar-refractivity contribution in [2.24, 2.45) is 5.41 Å². The molecule has 264 valence electrons. The summed E-state index contributed by atoms with van der Waals surface area (Å²) in [5.41, 5.74) is 2.92. The van der Waals surface area contributed by atoms with E-state index in [0.717, 1.165) is 33.4 Å². The lowest BCUT2D eigenvalue weighted by molar-refractivity contribution is -0.137. The van der Waals surface area contributed by atoms with Crippen LogP contribution in [0.5, 0.6) is 0 Å². The first kappa shape index (κ1) is 43.0. The molecule has 0 atom stereocenters. The molecule has 0 radical (unpaired) electrons. The monoisotopic (exact) mass is 686 g/mol. The topological polar surface area (TPSA) is 171 Å². The Morgan fingerprint density at radius 3 is 0.935 bits per heavy atom. The Kier molecular flexibility index (Phi) is 14.2. The fourth-order valence-corrected chi connectivity index (χ4v) is 7.31. The minimum atomic E-state index is -2.61. The van der Waals surface area contributed by atoms with Crippen molar-refractivity contribution < 1.29 is 44.3 Å². The third-order valence-corrected chi connectivity index (χ3v) is 9.60. The van der Waals surface area contributed by atoms with Gasteiger partial charge in [0.1, 0.15) is 5.60 Å². The Morgan fingerprint density at radius 2 is 0.761 bits per heavy atom. The number of hydrogen-bond acceptors (Lipinski definition) is 9. The number of aryl methyl sites for hydroxylation is 2. The Morgan fingerprint density at radius 1 is 0.500 bits per heavy atom. The van der Waals surface area contributed by atoms with Crippen molar-refractivity contribution in [2.75, 3.05) is 19.8 Å². The quantitative estimate of drug-likeness (QED) is 0.153. The fraction of sp³-hybridized carbons (Fsp3) is 0.657. The Bertz CT molecular complexity index is 1210. The van der Waals surface area contributed by atoms with Gasteiger partial charge < -0.3 is 40.0 Å². The average Bonchev–Trinajstić information content (AvgIpc) is 2.86. The van der Waals surface area contributed by atoms with Crippen LogP contribution in [0.25, 0.3) is 0 Å². The molecule has 0 unspecified atom stereocenters. The first-order valence-corrected chi connectivity index (χ1v) is 17.8. The van der Waals surface area contributed by atoms with E-state index in [9.17, 15) is 20.4 Å². The lowest BCUT2D eigenvalue weighted by Gasteiger charge is -2.50. The Hall–Kier alpha value is -1.06. The first-order valence-electron chi connectivity index (χ1n) is 15.5. The zero-order valence-corrected chi connectivity index (χ0v) is 32.1. The summed E-state index contributed by atoms with van der Waals surface area (Å²) in [4.78, 5) is 31.3. The predicted octanol–water partition coefficient (Wildman–Crippen LogP) is 6.12. The molecule has 0 aliphatic heterocycles. The molecular weight excluding hydrogens is 626 g/mol. The van der Waals surface area contributed by atoms with Gasteiger partial charge in [0, 0.05) is 0 Å². The van der Waals surface area contributed by atoms with Crippen LogP contribution in [0.4, 0.5) is 0 Å². The lowest BCUT2D eigenvalue weighted by Crippen LogP contribution is -2.56. The molecule has 0 aliphatic carbocycles. The molecule has 8 N–H and O–H groups in total. The molecule has 0 saturated heterocycles. The second kappa shape index (κ2) is 15.2. The highest BCUT2D eigenvalue weighted by atomic mass is 31.2. The van der Waals surface area contributed by atoms with E-state index in [1.165, 1.54) is 0 Å².